The van der Waals surface area contributed by atoms with Crippen LogP contribution in [-0.2, 0) is 0 Å². The predicted octanol–water partition coefficient (Wildman–Crippen LogP) is 2.35. The molecule has 0 radical (unpaired) electrons. The molecule has 14 heavy (non-hydrogen) atoms. The zero-order valence-corrected chi connectivity index (χ0v) is 8.89. The first-order valence-corrected chi connectivity index (χ1v) is 4.86. The molecule has 0 aliphatic carbocycles. The van der Waals surface area contributed by atoms with E-state index < -0.39 is 0 Å². The Morgan fingerprint density at radius 2 is 2.00 bits per heavy atom. The quantitative estimate of drug-likeness (QED) is 0.818. The zero-order chi connectivity index (χ0) is 10.1. The maximum absolute atomic E-state index is 6.11. The second kappa shape index (κ2) is 3.67. The highest BCUT2D eigenvalue weighted by Crippen LogP contribution is 2.38. The van der Waals surface area contributed by atoms with Crippen molar-refractivity contribution in [2.24, 2.45) is 0 Å². The minimum atomic E-state index is 0.206. The average Bonchev–Trinajstić information content (AvgIpc) is 2.62. The molecule has 0 unspecified atom stereocenters. The third kappa shape index (κ3) is 1.53. The van der Waals surface area contributed by atoms with Crippen LogP contribution in [-0.4, -0.2) is 13.8 Å². The first-order valence-electron chi connectivity index (χ1n) is 4.48. The van der Waals surface area contributed by atoms with E-state index in [0.29, 0.717) is 5.02 Å². The van der Waals surface area contributed by atoms with Crippen LogP contribution in [0.4, 0.5) is 0 Å². The predicted molar refractivity (Wildman–Crippen MR) is 55.0 cm³/mol. The number of benzene rings is 1. The van der Waals surface area contributed by atoms with E-state index in [1.54, 1.807) is 6.07 Å². The third-order valence-corrected chi connectivity index (χ3v) is 2.72. The molecular formula is C10H12ClNO2. The summed E-state index contributed by atoms with van der Waals surface area (Å²) in [5, 5.41) is 3.84. The molecule has 0 saturated heterocycles. The van der Waals surface area contributed by atoms with Gasteiger partial charge in [-0.15, -0.1) is 0 Å². The van der Waals surface area contributed by atoms with Gasteiger partial charge in [-0.05, 0) is 25.6 Å². The molecule has 0 bridgehead atoms. The zero-order valence-electron chi connectivity index (χ0n) is 8.13. The van der Waals surface area contributed by atoms with Crippen molar-refractivity contribution >= 4 is 11.6 Å². The van der Waals surface area contributed by atoms with Crippen LogP contribution >= 0.6 is 11.6 Å². The average molecular weight is 214 g/mol. The fraction of sp³-hybridized carbons (Fsp3) is 0.400. The number of hydrogen-bond acceptors (Lipinski definition) is 3. The molecule has 1 aliphatic rings. The standard InChI is InChI=1S/C10H12ClNO2/c1-6(12-2)7-3-9-10(4-8(7)11)14-5-13-9/h3-4,6,12H,5H2,1-2H3/t6-/m0/s1. The molecule has 1 atom stereocenters. The van der Waals surface area contributed by atoms with Crippen LogP contribution in [0.15, 0.2) is 12.1 Å². The van der Waals surface area contributed by atoms with Crippen LogP contribution in [0.5, 0.6) is 11.5 Å². The SMILES string of the molecule is CN[C@@H](C)c1cc2c(cc1Cl)OCO2. The molecular weight excluding hydrogens is 202 g/mol. The van der Waals surface area contributed by atoms with Gasteiger partial charge in [0.2, 0.25) is 6.79 Å². The summed E-state index contributed by atoms with van der Waals surface area (Å²) in [4.78, 5) is 0. The fourth-order valence-corrected chi connectivity index (χ4v) is 1.74. The molecule has 0 fully saturated rings. The molecule has 0 aromatic heterocycles. The normalized spacial score (nSPS) is 15.6. The summed E-state index contributed by atoms with van der Waals surface area (Å²) in [6, 6.07) is 3.93. The monoisotopic (exact) mass is 213 g/mol. The van der Waals surface area contributed by atoms with Gasteiger partial charge in [0.1, 0.15) is 0 Å². The van der Waals surface area contributed by atoms with Crippen molar-refractivity contribution in [1.82, 2.24) is 5.32 Å². The van der Waals surface area contributed by atoms with Crippen LogP contribution in [0.25, 0.3) is 0 Å². The van der Waals surface area contributed by atoms with Crippen LogP contribution in [0.2, 0.25) is 5.02 Å². The number of ether oxygens (including phenoxy) is 2. The first-order chi connectivity index (χ1) is 6.72. The lowest BCUT2D eigenvalue weighted by molar-refractivity contribution is 0.174. The lowest BCUT2D eigenvalue weighted by atomic mass is 10.1. The minimum Gasteiger partial charge on any atom is -0.454 e. The van der Waals surface area contributed by atoms with Crippen molar-refractivity contribution in [3.8, 4) is 11.5 Å². The van der Waals surface area contributed by atoms with Gasteiger partial charge in [0.05, 0.1) is 0 Å². The van der Waals surface area contributed by atoms with Crippen molar-refractivity contribution in [3.05, 3.63) is 22.7 Å². The van der Waals surface area contributed by atoms with Gasteiger partial charge in [0, 0.05) is 17.1 Å². The Balaban J connectivity index is 2.42. The molecule has 1 aliphatic heterocycles. The third-order valence-electron chi connectivity index (χ3n) is 2.39. The molecule has 1 heterocycles. The van der Waals surface area contributed by atoms with E-state index in [4.69, 9.17) is 21.1 Å². The van der Waals surface area contributed by atoms with Crippen LogP contribution < -0.4 is 14.8 Å². The Hall–Kier alpha value is -0.930. The first kappa shape index (κ1) is 9.62. The highest BCUT2D eigenvalue weighted by atomic mass is 35.5. The van der Waals surface area contributed by atoms with E-state index >= 15 is 0 Å². The largest absolute Gasteiger partial charge is 0.454 e. The molecule has 3 nitrogen and oxygen atoms in total. The van der Waals surface area contributed by atoms with E-state index in [-0.39, 0.29) is 12.8 Å². The van der Waals surface area contributed by atoms with Gasteiger partial charge in [-0.2, -0.15) is 0 Å². The second-order valence-corrected chi connectivity index (χ2v) is 3.64. The van der Waals surface area contributed by atoms with Gasteiger partial charge in [0.15, 0.2) is 11.5 Å². The minimum absolute atomic E-state index is 0.206. The fourth-order valence-electron chi connectivity index (χ4n) is 1.42. The van der Waals surface area contributed by atoms with Crippen LogP contribution in [0, 0.1) is 0 Å². The van der Waals surface area contributed by atoms with E-state index in [9.17, 15) is 0 Å². The van der Waals surface area contributed by atoms with Crippen molar-refractivity contribution in [1.29, 1.82) is 0 Å². The summed E-state index contributed by atoms with van der Waals surface area (Å²) in [7, 11) is 1.89. The van der Waals surface area contributed by atoms with Gasteiger partial charge in [-0.3, -0.25) is 0 Å². The van der Waals surface area contributed by atoms with Gasteiger partial charge < -0.3 is 14.8 Å². The molecule has 0 saturated carbocycles. The van der Waals surface area contributed by atoms with Crippen LogP contribution in [0.3, 0.4) is 0 Å². The van der Waals surface area contributed by atoms with E-state index in [1.807, 2.05) is 20.0 Å². The number of nitrogens with one attached hydrogen (secondary N) is 1. The molecule has 2 rings (SSSR count). The molecule has 1 N–H and O–H groups in total. The van der Waals surface area contributed by atoms with Gasteiger partial charge in [-0.25, -0.2) is 0 Å². The summed E-state index contributed by atoms with van der Waals surface area (Å²) >= 11 is 6.11. The highest BCUT2D eigenvalue weighted by molar-refractivity contribution is 6.31. The van der Waals surface area contributed by atoms with Crippen molar-refractivity contribution in [3.63, 3.8) is 0 Å². The lowest BCUT2D eigenvalue weighted by Crippen LogP contribution is -2.12. The maximum Gasteiger partial charge on any atom is 0.231 e. The Morgan fingerprint density at radius 1 is 1.36 bits per heavy atom. The molecule has 1 aromatic carbocycles. The van der Waals surface area contributed by atoms with E-state index in [1.165, 1.54) is 0 Å². The van der Waals surface area contributed by atoms with E-state index in [0.717, 1.165) is 17.1 Å². The van der Waals surface area contributed by atoms with Gasteiger partial charge in [0.25, 0.3) is 0 Å². The van der Waals surface area contributed by atoms with Crippen LogP contribution in [0.1, 0.15) is 18.5 Å². The second-order valence-electron chi connectivity index (χ2n) is 3.24. The topological polar surface area (TPSA) is 30.5 Å². The summed E-state index contributed by atoms with van der Waals surface area (Å²) in [5.74, 6) is 1.49. The molecule has 4 heteroatoms. The summed E-state index contributed by atoms with van der Waals surface area (Å²) in [6.45, 7) is 2.33. The lowest BCUT2D eigenvalue weighted by Gasteiger charge is -2.12. The van der Waals surface area contributed by atoms with Gasteiger partial charge in [-0.1, -0.05) is 11.6 Å². The summed E-state index contributed by atoms with van der Waals surface area (Å²) in [6.07, 6.45) is 0. The smallest absolute Gasteiger partial charge is 0.231 e. The molecule has 1 aromatic rings. The number of hydrogen-bond donors (Lipinski definition) is 1. The Kier molecular flexibility index (Phi) is 2.52. The Labute approximate surface area is 88.0 Å². The van der Waals surface area contributed by atoms with E-state index in [2.05, 4.69) is 5.32 Å². The highest BCUT2D eigenvalue weighted by Gasteiger charge is 2.18. The Bertz CT molecular complexity index is 354. The molecule has 0 spiro atoms. The van der Waals surface area contributed by atoms with Crippen molar-refractivity contribution in [2.75, 3.05) is 13.8 Å². The summed E-state index contributed by atoms with van der Waals surface area (Å²) < 4.78 is 10.5. The number of rotatable bonds is 2. The molecule has 0 amide bonds. The van der Waals surface area contributed by atoms with Crippen molar-refractivity contribution < 1.29 is 9.47 Å². The molecule has 76 valence electrons. The Morgan fingerprint density at radius 3 is 2.64 bits per heavy atom. The van der Waals surface area contributed by atoms with Crippen molar-refractivity contribution in [2.45, 2.75) is 13.0 Å². The van der Waals surface area contributed by atoms with Gasteiger partial charge >= 0.3 is 0 Å². The maximum atomic E-state index is 6.11. The number of halogens is 1. The summed E-state index contributed by atoms with van der Waals surface area (Å²) in [5.41, 5.74) is 1.03. The number of fused-ring (bicyclic) bond motifs is 1.